The molecule has 4 aromatic rings. The predicted octanol–water partition coefficient (Wildman–Crippen LogP) is 5.20. The van der Waals surface area contributed by atoms with E-state index in [1.807, 2.05) is 66.4 Å². The molecule has 0 radical (unpaired) electrons. The highest BCUT2D eigenvalue weighted by molar-refractivity contribution is 5.71. The summed E-state index contributed by atoms with van der Waals surface area (Å²) in [5.41, 5.74) is 3.93. The van der Waals surface area contributed by atoms with Crippen molar-refractivity contribution < 1.29 is 9.13 Å². The zero-order chi connectivity index (χ0) is 20.8. The summed E-state index contributed by atoms with van der Waals surface area (Å²) in [6, 6.07) is 16.3. The zero-order valence-corrected chi connectivity index (χ0v) is 16.5. The van der Waals surface area contributed by atoms with Crippen LogP contribution in [0, 0.1) is 5.82 Å². The molecular weight excluding hydrogens is 379 g/mol. The molecule has 0 saturated heterocycles. The quantitative estimate of drug-likeness (QED) is 0.464. The van der Waals surface area contributed by atoms with Crippen molar-refractivity contribution in [2.45, 2.75) is 6.61 Å². The van der Waals surface area contributed by atoms with Gasteiger partial charge in [0.1, 0.15) is 18.2 Å². The van der Waals surface area contributed by atoms with E-state index in [0.717, 1.165) is 22.8 Å². The van der Waals surface area contributed by atoms with Gasteiger partial charge < -0.3 is 9.30 Å². The molecule has 0 spiro atoms. The third kappa shape index (κ3) is 4.91. The number of benzene rings is 1. The first-order valence-corrected chi connectivity index (χ1v) is 9.52. The van der Waals surface area contributed by atoms with Gasteiger partial charge in [-0.3, -0.25) is 10.1 Å². The molecule has 0 amide bonds. The van der Waals surface area contributed by atoms with Crippen molar-refractivity contribution in [3.63, 3.8) is 0 Å². The minimum absolute atomic E-state index is 0.293. The van der Waals surface area contributed by atoms with Gasteiger partial charge in [0.25, 0.3) is 0 Å². The number of nitrogens with zero attached hydrogens (tertiary/aromatic N) is 3. The molecule has 0 unspecified atom stereocenters. The van der Waals surface area contributed by atoms with Crippen LogP contribution in [-0.2, 0) is 13.7 Å². The van der Waals surface area contributed by atoms with E-state index < -0.39 is 0 Å². The Bertz CT molecular complexity index is 1170. The van der Waals surface area contributed by atoms with E-state index >= 15 is 0 Å². The lowest BCUT2D eigenvalue weighted by Crippen LogP contribution is -1.98. The molecule has 30 heavy (non-hydrogen) atoms. The highest BCUT2D eigenvalue weighted by Gasteiger charge is 2.04. The smallest absolute Gasteiger partial charge is 0.134 e. The maximum atomic E-state index is 14.4. The van der Waals surface area contributed by atoms with Crippen LogP contribution in [-0.4, -0.2) is 19.7 Å². The monoisotopic (exact) mass is 400 g/mol. The topological polar surface area (TPSA) is 55.7 Å². The molecule has 1 aromatic carbocycles. The van der Waals surface area contributed by atoms with Crippen LogP contribution in [0.4, 0.5) is 4.39 Å². The lowest BCUT2D eigenvalue weighted by Gasteiger charge is -2.06. The number of aryl methyl sites for hydroxylation is 1. The second-order valence-electron chi connectivity index (χ2n) is 6.75. The molecule has 0 aliphatic heterocycles. The Hall–Kier alpha value is -3.93. The number of halogens is 1. The van der Waals surface area contributed by atoms with Gasteiger partial charge in [0.05, 0.1) is 17.1 Å². The van der Waals surface area contributed by atoms with Gasteiger partial charge in [-0.1, -0.05) is 6.07 Å². The number of pyridine rings is 1. The third-order valence-electron chi connectivity index (χ3n) is 4.55. The molecule has 1 N–H and O–H groups in total. The SMILES string of the molecule is Cn1cccc1/C=C/c1cc(/C=C/c2ccc(OCc3ccccn3)cc2F)n[nH]1. The van der Waals surface area contributed by atoms with Crippen molar-refractivity contribution >= 4 is 24.3 Å². The molecule has 6 heteroatoms. The van der Waals surface area contributed by atoms with Crippen LogP contribution in [0.3, 0.4) is 0 Å². The van der Waals surface area contributed by atoms with Crippen LogP contribution in [0.15, 0.2) is 67.0 Å². The van der Waals surface area contributed by atoms with Gasteiger partial charge in [0.15, 0.2) is 0 Å². The molecule has 0 bridgehead atoms. The summed E-state index contributed by atoms with van der Waals surface area (Å²) in [4.78, 5) is 4.18. The number of aromatic nitrogens is 4. The van der Waals surface area contributed by atoms with E-state index in [4.69, 9.17) is 4.74 Å². The number of nitrogens with one attached hydrogen (secondary N) is 1. The number of hydrogen-bond acceptors (Lipinski definition) is 3. The van der Waals surface area contributed by atoms with E-state index in [1.54, 1.807) is 30.5 Å². The molecule has 3 heterocycles. The van der Waals surface area contributed by atoms with Gasteiger partial charge in [0.2, 0.25) is 0 Å². The average molecular weight is 400 g/mol. The molecule has 0 aliphatic carbocycles. The Labute approximate surface area is 174 Å². The van der Waals surface area contributed by atoms with Crippen LogP contribution in [0.2, 0.25) is 0 Å². The average Bonchev–Trinajstić information content (AvgIpc) is 3.39. The van der Waals surface area contributed by atoms with Crippen molar-refractivity contribution in [1.82, 2.24) is 19.7 Å². The number of H-pyrrole nitrogens is 1. The van der Waals surface area contributed by atoms with Gasteiger partial charge in [-0.05, 0) is 66.8 Å². The van der Waals surface area contributed by atoms with Gasteiger partial charge in [-0.25, -0.2) is 4.39 Å². The number of ether oxygens (including phenoxy) is 1. The van der Waals surface area contributed by atoms with Crippen molar-refractivity contribution in [1.29, 1.82) is 0 Å². The molecule has 0 saturated carbocycles. The fourth-order valence-electron chi connectivity index (χ4n) is 2.90. The fraction of sp³-hybridized carbons (Fsp3) is 0.0833. The van der Waals surface area contributed by atoms with E-state index in [1.165, 1.54) is 6.07 Å². The summed E-state index contributed by atoms with van der Waals surface area (Å²) in [5, 5.41) is 7.20. The van der Waals surface area contributed by atoms with Gasteiger partial charge in [-0.15, -0.1) is 0 Å². The Kier molecular flexibility index (Phi) is 5.85. The summed E-state index contributed by atoms with van der Waals surface area (Å²) in [6.45, 7) is 0.293. The van der Waals surface area contributed by atoms with Gasteiger partial charge in [-0.2, -0.15) is 5.10 Å². The second-order valence-corrected chi connectivity index (χ2v) is 6.75. The highest BCUT2D eigenvalue weighted by atomic mass is 19.1. The van der Waals surface area contributed by atoms with Gasteiger partial charge in [0, 0.05) is 36.8 Å². The molecule has 0 atom stereocenters. The molecule has 4 rings (SSSR count). The van der Waals surface area contributed by atoms with Crippen molar-refractivity contribution in [3.8, 4) is 5.75 Å². The standard InChI is InChI=1S/C24H21FN4O/c1-29-14-4-6-22(29)11-10-20-15-19(27-28-20)9-7-18-8-12-23(16-24(18)25)30-17-21-5-2-3-13-26-21/h2-16H,17H2,1H3,(H,27,28)/b9-7+,11-10+. The summed E-state index contributed by atoms with van der Waals surface area (Å²) in [5.74, 6) is 0.104. The Morgan fingerprint density at radius 2 is 1.97 bits per heavy atom. The summed E-state index contributed by atoms with van der Waals surface area (Å²) in [6.07, 6.45) is 11.1. The Balaban J connectivity index is 1.38. The Morgan fingerprint density at radius 3 is 2.73 bits per heavy atom. The number of aromatic amines is 1. The van der Waals surface area contributed by atoms with Crippen molar-refractivity contribution in [3.05, 3.63) is 101 Å². The van der Waals surface area contributed by atoms with Gasteiger partial charge >= 0.3 is 0 Å². The normalized spacial score (nSPS) is 11.5. The first-order chi connectivity index (χ1) is 14.7. The van der Waals surface area contributed by atoms with Crippen molar-refractivity contribution in [2.24, 2.45) is 7.05 Å². The van der Waals surface area contributed by atoms with E-state index in [-0.39, 0.29) is 5.82 Å². The van der Waals surface area contributed by atoms with Crippen LogP contribution in [0.25, 0.3) is 24.3 Å². The largest absolute Gasteiger partial charge is 0.487 e. The first kappa shape index (κ1) is 19.4. The molecule has 3 aromatic heterocycles. The lowest BCUT2D eigenvalue weighted by atomic mass is 10.1. The Morgan fingerprint density at radius 1 is 1.03 bits per heavy atom. The molecule has 5 nitrogen and oxygen atoms in total. The maximum Gasteiger partial charge on any atom is 0.134 e. The minimum Gasteiger partial charge on any atom is -0.487 e. The summed E-state index contributed by atoms with van der Waals surface area (Å²) < 4.78 is 22.0. The molecule has 0 aliphatic rings. The van der Waals surface area contributed by atoms with Crippen LogP contribution in [0.5, 0.6) is 5.75 Å². The molecular formula is C24H21FN4O. The summed E-state index contributed by atoms with van der Waals surface area (Å²) >= 11 is 0. The van der Waals surface area contributed by atoms with Crippen molar-refractivity contribution in [2.75, 3.05) is 0 Å². The fourth-order valence-corrected chi connectivity index (χ4v) is 2.90. The van der Waals surface area contributed by atoms with E-state index in [2.05, 4.69) is 15.2 Å². The third-order valence-corrected chi connectivity index (χ3v) is 4.55. The second kappa shape index (κ2) is 9.05. The summed E-state index contributed by atoms with van der Waals surface area (Å²) in [7, 11) is 1.99. The lowest BCUT2D eigenvalue weighted by molar-refractivity contribution is 0.300. The van der Waals surface area contributed by atoms with E-state index in [0.29, 0.717) is 17.9 Å². The van der Waals surface area contributed by atoms with Crippen LogP contribution >= 0.6 is 0 Å². The maximum absolute atomic E-state index is 14.4. The highest BCUT2D eigenvalue weighted by Crippen LogP contribution is 2.20. The first-order valence-electron chi connectivity index (χ1n) is 9.52. The number of rotatable bonds is 7. The number of hydrogen-bond donors (Lipinski definition) is 1. The predicted molar refractivity (Wildman–Crippen MR) is 117 cm³/mol. The van der Waals surface area contributed by atoms with E-state index in [9.17, 15) is 4.39 Å². The minimum atomic E-state index is -0.357. The van der Waals surface area contributed by atoms with Crippen LogP contribution < -0.4 is 4.74 Å². The van der Waals surface area contributed by atoms with Crippen LogP contribution in [0.1, 0.15) is 28.3 Å². The molecule has 0 fully saturated rings. The zero-order valence-electron chi connectivity index (χ0n) is 16.5. The molecule has 150 valence electrons.